The molecule has 0 radical (unpaired) electrons. The first-order valence-corrected chi connectivity index (χ1v) is 7.01. The van der Waals surface area contributed by atoms with Gasteiger partial charge in [0.15, 0.2) is 0 Å². The summed E-state index contributed by atoms with van der Waals surface area (Å²) in [7, 11) is 0. The van der Waals surface area contributed by atoms with Gasteiger partial charge in [0.25, 0.3) is 5.91 Å². The summed E-state index contributed by atoms with van der Waals surface area (Å²) < 4.78 is 0. The number of carbonyl (C=O) groups excluding carboxylic acids is 1. The molecule has 0 aromatic carbocycles. The molecule has 2 aromatic heterocycles. The highest BCUT2D eigenvalue weighted by Gasteiger charge is 2.22. The van der Waals surface area contributed by atoms with Gasteiger partial charge in [-0.05, 0) is 37.4 Å². The Balaban J connectivity index is 2.22. The van der Waals surface area contributed by atoms with Crippen LogP contribution in [0.15, 0.2) is 35.8 Å². The molecule has 0 fully saturated rings. The zero-order chi connectivity index (χ0) is 13.8. The maximum atomic E-state index is 12.5. The van der Waals surface area contributed by atoms with Crippen LogP contribution in [0, 0.1) is 0 Å². The van der Waals surface area contributed by atoms with E-state index in [2.05, 4.69) is 4.98 Å². The number of anilines is 1. The molecule has 2 aromatic rings. The van der Waals surface area contributed by atoms with Crippen molar-refractivity contribution in [1.82, 2.24) is 9.88 Å². The second-order valence-electron chi connectivity index (χ2n) is 4.55. The number of pyridine rings is 1. The van der Waals surface area contributed by atoms with Gasteiger partial charge in [-0.25, -0.2) is 0 Å². The molecule has 1 amide bonds. The molecule has 2 rings (SSSR count). The Morgan fingerprint density at radius 1 is 1.42 bits per heavy atom. The number of carbonyl (C=O) groups is 1. The molecule has 0 atom stereocenters. The van der Waals surface area contributed by atoms with Gasteiger partial charge < -0.3 is 10.6 Å². The average molecular weight is 275 g/mol. The van der Waals surface area contributed by atoms with Crippen LogP contribution in [0.4, 0.5) is 5.69 Å². The van der Waals surface area contributed by atoms with E-state index in [0.29, 0.717) is 17.1 Å². The topological polar surface area (TPSA) is 59.2 Å². The first-order valence-electron chi connectivity index (χ1n) is 6.13. The van der Waals surface area contributed by atoms with Crippen molar-refractivity contribution in [2.75, 3.05) is 5.73 Å². The summed E-state index contributed by atoms with van der Waals surface area (Å²) in [6.45, 7) is 4.48. The van der Waals surface area contributed by atoms with Crippen molar-refractivity contribution in [2.24, 2.45) is 0 Å². The molecule has 0 aliphatic carbocycles. The van der Waals surface area contributed by atoms with Crippen LogP contribution in [0.3, 0.4) is 0 Å². The first kappa shape index (κ1) is 13.5. The Hall–Kier alpha value is -1.88. The Bertz CT molecular complexity index is 551. The van der Waals surface area contributed by atoms with Crippen molar-refractivity contribution in [3.05, 3.63) is 46.4 Å². The molecule has 2 N–H and O–H groups in total. The number of hydrogen-bond acceptors (Lipinski definition) is 4. The number of aromatic nitrogens is 1. The van der Waals surface area contributed by atoms with Crippen LogP contribution in [-0.2, 0) is 6.54 Å². The Morgan fingerprint density at radius 3 is 2.74 bits per heavy atom. The molecule has 0 aliphatic heterocycles. The van der Waals surface area contributed by atoms with Crippen molar-refractivity contribution in [2.45, 2.75) is 26.4 Å². The largest absolute Gasteiger partial charge is 0.397 e. The lowest BCUT2D eigenvalue weighted by molar-refractivity contribution is 0.0694. The molecule has 0 unspecified atom stereocenters. The summed E-state index contributed by atoms with van der Waals surface area (Å²) >= 11 is 1.38. The second-order valence-corrected chi connectivity index (χ2v) is 5.47. The van der Waals surface area contributed by atoms with E-state index in [4.69, 9.17) is 5.73 Å². The lowest BCUT2D eigenvalue weighted by Gasteiger charge is -2.26. The summed E-state index contributed by atoms with van der Waals surface area (Å²) in [5, 5.41) is 1.84. The minimum atomic E-state index is -0.0341. The number of rotatable bonds is 4. The summed E-state index contributed by atoms with van der Waals surface area (Å²) in [5.74, 6) is -0.0341. The quantitative estimate of drug-likeness (QED) is 0.933. The van der Waals surface area contributed by atoms with Gasteiger partial charge in [-0.3, -0.25) is 9.78 Å². The van der Waals surface area contributed by atoms with Crippen molar-refractivity contribution >= 4 is 22.9 Å². The normalized spacial score (nSPS) is 10.7. The molecule has 0 saturated carbocycles. The van der Waals surface area contributed by atoms with Gasteiger partial charge in [-0.1, -0.05) is 6.07 Å². The van der Waals surface area contributed by atoms with Crippen molar-refractivity contribution in [3.8, 4) is 0 Å². The van der Waals surface area contributed by atoms with Crippen LogP contribution < -0.4 is 5.73 Å². The van der Waals surface area contributed by atoms with E-state index in [9.17, 15) is 4.79 Å². The van der Waals surface area contributed by atoms with Gasteiger partial charge in [0.2, 0.25) is 0 Å². The predicted molar refractivity (Wildman–Crippen MR) is 78.0 cm³/mol. The fourth-order valence-corrected chi connectivity index (χ4v) is 2.55. The third-order valence-electron chi connectivity index (χ3n) is 2.83. The number of nitrogens with zero attached hydrogens (tertiary/aromatic N) is 2. The molecule has 0 saturated heterocycles. The van der Waals surface area contributed by atoms with Crippen LogP contribution in [-0.4, -0.2) is 21.8 Å². The molecule has 0 aliphatic rings. The smallest absolute Gasteiger partial charge is 0.266 e. The maximum absolute atomic E-state index is 12.5. The van der Waals surface area contributed by atoms with Gasteiger partial charge in [0.05, 0.1) is 17.9 Å². The zero-order valence-electron chi connectivity index (χ0n) is 11.0. The van der Waals surface area contributed by atoms with E-state index in [1.807, 2.05) is 37.4 Å². The highest BCUT2D eigenvalue weighted by Crippen LogP contribution is 2.22. The molecule has 4 nitrogen and oxygen atoms in total. The maximum Gasteiger partial charge on any atom is 0.266 e. The van der Waals surface area contributed by atoms with Gasteiger partial charge in [-0.2, -0.15) is 0 Å². The highest BCUT2D eigenvalue weighted by molar-refractivity contribution is 7.12. The molecule has 100 valence electrons. The number of hydrogen-bond donors (Lipinski definition) is 1. The van der Waals surface area contributed by atoms with E-state index in [1.54, 1.807) is 17.2 Å². The Morgan fingerprint density at radius 2 is 2.21 bits per heavy atom. The highest BCUT2D eigenvalue weighted by atomic mass is 32.1. The van der Waals surface area contributed by atoms with E-state index in [-0.39, 0.29) is 11.9 Å². The van der Waals surface area contributed by atoms with Crippen LogP contribution >= 0.6 is 11.3 Å². The lowest BCUT2D eigenvalue weighted by Crippen LogP contribution is -2.36. The summed E-state index contributed by atoms with van der Waals surface area (Å²) in [6, 6.07) is 7.56. The molecular weight excluding hydrogens is 258 g/mol. The summed E-state index contributed by atoms with van der Waals surface area (Å²) in [5.41, 5.74) is 7.24. The number of nitrogen functional groups attached to an aromatic ring is 1. The third-order valence-corrected chi connectivity index (χ3v) is 3.75. The molecule has 2 heterocycles. The van der Waals surface area contributed by atoms with Gasteiger partial charge in [0, 0.05) is 12.2 Å². The van der Waals surface area contributed by atoms with Crippen LogP contribution in [0.1, 0.15) is 29.2 Å². The lowest BCUT2D eigenvalue weighted by atomic mass is 10.2. The van der Waals surface area contributed by atoms with E-state index in [1.165, 1.54) is 11.3 Å². The Labute approximate surface area is 116 Å². The second kappa shape index (κ2) is 5.84. The van der Waals surface area contributed by atoms with Gasteiger partial charge in [-0.15, -0.1) is 11.3 Å². The minimum absolute atomic E-state index is 0.0341. The third kappa shape index (κ3) is 3.12. The average Bonchev–Trinajstić information content (AvgIpc) is 2.82. The van der Waals surface area contributed by atoms with Crippen molar-refractivity contribution in [3.63, 3.8) is 0 Å². The standard InChI is InChI=1S/C14H17N3OS/c1-10(2)17(9-11-5-3-4-7-16-11)14(18)13-12(15)6-8-19-13/h3-8,10H,9,15H2,1-2H3. The molecule has 0 spiro atoms. The fraction of sp³-hybridized carbons (Fsp3) is 0.286. The number of nitrogens with two attached hydrogens (primary N) is 1. The SMILES string of the molecule is CC(C)N(Cc1ccccn1)C(=O)c1sccc1N. The van der Waals surface area contributed by atoms with E-state index >= 15 is 0 Å². The van der Waals surface area contributed by atoms with E-state index < -0.39 is 0 Å². The van der Waals surface area contributed by atoms with E-state index in [0.717, 1.165) is 5.69 Å². The minimum Gasteiger partial charge on any atom is -0.397 e. The number of amides is 1. The molecule has 0 bridgehead atoms. The first-order chi connectivity index (χ1) is 9.09. The molecule has 19 heavy (non-hydrogen) atoms. The molecular formula is C14H17N3OS. The predicted octanol–water partition coefficient (Wildman–Crippen LogP) is 2.78. The fourth-order valence-electron chi connectivity index (χ4n) is 1.78. The van der Waals surface area contributed by atoms with Crippen LogP contribution in [0.25, 0.3) is 0 Å². The van der Waals surface area contributed by atoms with Crippen molar-refractivity contribution in [1.29, 1.82) is 0 Å². The monoisotopic (exact) mass is 275 g/mol. The number of thiophene rings is 1. The Kier molecular flexibility index (Phi) is 4.16. The van der Waals surface area contributed by atoms with Crippen LogP contribution in [0.2, 0.25) is 0 Å². The van der Waals surface area contributed by atoms with Crippen LogP contribution in [0.5, 0.6) is 0 Å². The van der Waals surface area contributed by atoms with Crippen molar-refractivity contribution < 1.29 is 4.79 Å². The summed E-state index contributed by atoms with van der Waals surface area (Å²) in [6.07, 6.45) is 1.73. The molecule has 5 heteroatoms. The zero-order valence-corrected chi connectivity index (χ0v) is 11.9. The summed E-state index contributed by atoms with van der Waals surface area (Å²) in [4.78, 5) is 19.2. The van der Waals surface area contributed by atoms with Gasteiger partial charge >= 0.3 is 0 Å². The van der Waals surface area contributed by atoms with Gasteiger partial charge in [0.1, 0.15) is 4.88 Å².